The molecule has 2 N–H and O–H groups in total. The average Bonchev–Trinajstić information content (AvgIpc) is 2.46. The van der Waals surface area contributed by atoms with Crippen LogP contribution in [0.5, 0.6) is 5.75 Å². The zero-order valence-corrected chi connectivity index (χ0v) is 11.4. The Kier molecular flexibility index (Phi) is 4.95. The predicted molar refractivity (Wildman–Crippen MR) is 74.0 cm³/mol. The third-order valence-corrected chi connectivity index (χ3v) is 3.32. The highest BCUT2D eigenvalue weighted by Gasteiger charge is 2.09. The lowest BCUT2D eigenvalue weighted by atomic mass is 10.1. The predicted octanol–water partition coefficient (Wildman–Crippen LogP) is 3.04. The molecule has 0 amide bonds. The van der Waals surface area contributed by atoms with Crippen molar-refractivity contribution >= 4 is 11.6 Å². The van der Waals surface area contributed by atoms with E-state index in [0.29, 0.717) is 21.9 Å². The Morgan fingerprint density at radius 2 is 1.80 bits per heavy atom. The van der Waals surface area contributed by atoms with Crippen molar-refractivity contribution in [3.05, 3.63) is 63.9 Å². The Hall–Kier alpha value is -1.62. The fourth-order valence-electron chi connectivity index (χ4n) is 1.82. The molecule has 0 aromatic heterocycles. The second-order valence-corrected chi connectivity index (χ2v) is 4.64. The highest BCUT2D eigenvalue weighted by Crippen LogP contribution is 2.23. The van der Waals surface area contributed by atoms with Crippen molar-refractivity contribution in [2.45, 2.75) is 19.8 Å². The summed E-state index contributed by atoms with van der Waals surface area (Å²) in [5.74, 6) is 0.0532. The van der Waals surface area contributed by atoms with Gasteiger partial charge in [0.15, 0.2) is 0 Å². The summed E-state index contributed by atoms with van der Waals surface area (Å²) in [6.45, 7) is -0.363. The van der Waals surface area contributed by atoms with E-state index in [4.69, 9.17) is 21.4 Å². The highest BCUT2D eigenvalue weighted by molar-refractivity contribution is 6.31. The van der Waals surface area contributed by atoms with Gasteiger partial charge in [-0.05, 0) is 35.4 Å². The average molecular weight is 297 g/mol. The SMILES string of the molecule is OCc1ccc(OCc2c(F)cccc2Cl)cc1CO. The summed E-state index contributed by atoms with van der Waals surface area (Å²) in [4.78, 5) is 0. The van der Waals surface area contributed by atoms with E-state index >= 15 is 0 Å². The second kappa shape index (κ2) is 6.70. The van der Waals surface area contributed by atoms with Crippen LogP contribution in [0.2, 0.25) is 5.02 Å². The molecular formula is C15H14ClFO3. The van der Waals surface area contributed by atoms with Crippen LogP contribution in [-0.2, 0) is 19.8 Å². The zero-order valence-electron chi connectivity index (χ0n) is 10.6. The van der Waals surface area contributed by atoms with Gasteiger partial charge in [0, 0.05) is 5.56 Å². The van der Waals surface area contributed by atoms with Gasteiger partial charge in [-0.1, -0.05) is 23.7 Å². The number of ether oxygens (including phenoxy) is 1. The molecule has 0 aliphatic heterocycles. The van der Waals surface area contributed by atoms with E-state index in [1.807, 2.05) is 0 Å². The van der Waals surface area contributed by atoms with Gasteiger partial charge in [0.2, 0.25) is 0 Å². The molecule has 0 aliphatic carbocycles. The number of benzene rings is 2. The first kappa shape index (κ1) is 14.8. The van der Waals surface area contributed by atoms with Crippen LogP contribution in [0, 0.1) is 5.82 Å². The molecule has 106 valence electrons. The van der Waals surface area contributed by atoms with Crippen molar-refractivity contribution in [3.63, 3.8) is 0 Å². The molecule has 0 bridgehead atoms. The van der Waals surface area contributed by atoms with Crippen molar-refractivity contribution in [1.82, 2.24) is 0 Å². The Morgan fingerprint density at radius 3 is 2.45 bits per heavy atom. The van der Waals surface area contributed by atoms with Crippen LogP contribution in [0.4, 0.5) is 4.39 Å². The maximum atomic E-state index is 13.6. The quantitative estimate of drug-likeness (QED) is 0.891. The van der Waals surface area contributed by atoms with Gasteiger partial charge in [-0.15, -0.1) is 0 Å². The van der Waals surface area contributed by atoms with Crippen LogP contribution in [0.3, 0.4) is 0 Å². The third kappa shape index (κ3) is 3.28. The van der Waals surface area contributed by atoms with Gasteiger partial charge < -0.3 is 14.9 Å². The van der Waals surface area contributed by atoms with Crippen molar-refractivity contribution in [1.29, 1.82) is 0 Å². The van der Waals surface area contributed by atoms with Crippen LogP contribution < -0.4 is 4.74 Å². The summed E-state index contributed by atoms with van der Waals surface area (Å²) in [5.41, 5.74) is 1.49. The van der Waals surface area contributed by atoms with Crippen molar-refractivity contribution in [2.75, 3.05) is 0 Å². The number of aliphatic hydroxyl groups excluding tert-OH is 2. The van der Waals surface area contributed by atoms with E-state index in [2.05, 4.69) is 0 Å². The Labute approximate surface area is 121 Å². The normalized spacial score (nSPS) is 10.6. The molecule has 0 unspecified atom stereocenters. The Bertz CT molecular complexity index is 581. The molecule has 20 heavy (non-hydrogen) atoms. The van der Waals surface area contributed by atoms with Crippen LogP contribution in [0.1, 0.15) is 16.7 Å². The van der Waals surface area contributed by atoms with E-state index in [1.165, 1.54) is 12.1 Å². The van der Waals surface area contributed by atoms with Crippen LogP contribution in [0.15, 0.2) is 36.4 Å². The largest absolute Gasteiger partial charge is 0.489 e. The summed E-state index contributed by atoms with van der Waals surface area (Å²) < 4.78 is 19.1. The Balaban J connectivity index is 2.15. The van der Waals surface area contributed by atoms with Gasteiger partial charge in [0.25, 0.3) is 0 Å². The van der Waals surface area contributed by atoms with E-state index in [0.717, 1.165) is 0 Å². The molecule has 0 spiro atoms. The molecule has 0 radical (unpaired) electrons. The number of hydrogen-bond donors (Lipinski definition) is 2. The summed E-state index contributed by atoms with van der Waals surface area (Å²) >= 11 is 5.91. The molecule has 5 heteroatoms. The third-order valence-electron chi connectivity index (χ3n) is 2.96. The fraction of sp³-hybridized carbons (Fsp3) is 0.200. The van der Waals surface area contributed by atoms with Crippen LogP contribution in [-0.4, -0.2) is 10.2 Å². The monoisotopic (exact) mass is 296 g/mol. The van der Waals surface area contributed by atoms with Gasteiger partial charge in [-0.3, -0.25) is 0 Å². The number of aliphatic hydroxyl groups is 2. The molecule has 2 aromatic carbocycles. The molecule has 0 saturated carbocycles. The molecule has 0 aliphatic rings. The van der Waals surface area contributed by atoms with Gasteiger partial charge in [0.1, 0.15) is 18.2 Å². The minimum Gasteiger partial charge on any atom is -0.489 e. The molecule has 0 heterocycles. The summed E-state index contributed by atoms with van der Waals surface area (Å²) in [6, 6.07) is 9.36. The van der Waals surface area contributed by atoms with Crippen molar-refractivity contribution < 1.29 is 19.3 Å². The van der Waals surface area contributed by atoms with E-state index in [9.17, 15) is 9.50 Å². The topological polar surface area (TPSA) is 49.7 Å². The molecular weight excluding hydrogens is 283 g/mol. The van der Waals surface area contributed by atoms with E-state index < -0.39 is 5.82 Å². The summed E-state index contributed by atoms with van der Waals surface area (Å²) in [5, 5.41) is 18.6. The maximum absolute atomic E-state index is 13.6. The first-order valence-corrected chi connectivity index (χ1v) is 6.42. The lowest BCUT2D eigenvalue weighted by Gasteiger charge is -2.11. The second-order valence-electron chi connectivity index (χ2n) is 4.24. The minimum atomic E-state index is -0.424. The minimum absolute atomic E-state index is 0.00511. The molecule has 0 saturated heterocycles. The molecule has 2 aromatic rings. The van der Waals surface area contributed by atoms with Crippen LogP contribution in [0.25, 0.3) is 0 Å². The lowest BCUT2D eigenvalue weighted by Crippen LogP contribution is -2.01. The standard InChI is InChI=1S/C15H14ClFO3/c16-14-2-1-3-15(17)13(14)9-20-12-5-4-10(7-18)11(6-12)8-19/h1-6,18-19H,7-9H2. The molecule has 2 rings (SSSR count). The highest BCUT2D eigenvalue weighted by atomic mass is 35.5. The van der Waals surface area contributed by atoms with Gasteiger partial charge in [0.05, 0.1) is 18.2 Å². The fourth-order valence-corrected chi connectivity index (χ4v) is 2.04. The smallest absolute Gasteiger partial charge is 0.131 e. The van der Waals surface area contributed by atoms with Gasteiger partial charge in [-0.25, -0.2) is 4.39 Å². The molecule has 0 fully saturated rings. The first-order chi connectivity index (χ1) is 9.65. The number of halogens is 2. The first-order valence-electron chi connectivity index (χ1n) is 6.05. The summed E-state index contributed by atoms with van der Waals surface area (Å²) in [6.07, 6.45) is 0. The van der Waals surface area contributed by atoms with Crippen molar-refractivity contribution in [3.8, 4) is 5.75 Å². The van der Waals surface area contributed by atoms with E-state index in [1.54, 1.807) is 24.3 Å². The molecule has 0 atom stereocenters. The lowest BCUT2D eigenvalue weighted by molar-refractivity contribution is 0.257. The summed E-state index contributed by atoms with van der Waals surface area (Å²) in [7, 11) is 0. The maximum Gasteiger partial charge on any atom is 0.131 e. The van der Waals surface area contributed by atoms with Crippen molar-refractivity contribution in [2.24, 2.45) is 0 Å². The number of rotatable bonds is 5. The Morgan fingerprint density at radius 1 is 1.05 bits per heavy atom. The van der Waals surface area contributed by atoms with Gasteiger partial charge in [-0.2, -0.15) is 0 Å². The van der Waals surface area contributed by atoms with Gasteiger partial charge >= 0.3 is 0 Å². The molecule has 3 nitrogen and oxygen atoms in total. The zero-order chi connectivity index (χ0) is 14.5. The number of hydrogen-bond acceptors (Lipinski definition) is 3. The van der Waals surface area contributed by atoms with E-state index in [-0.39, 0.29) is 25.4 Å². The van der Waals surface area contributed by atoms with Crippen LogP contribution >= 0.6 is 11.6 Å².